The minimum absolute atomic E-state index is 0.0862. The molecule has 1 atom stereocenters. The van der Waals surface area contributed by atoms with Crippen molar-refractivity contribution in [2.45, 2.75) is 18.9 Å². The first kappa shape index (κ1) is 15.8. The molecule has 1 N–H and O–H groups in total. The standard InChI is InChI=1S/C15H22BrNO3/c1-19-15-5-4-12(16)11-13(15)14-3-2-6-17(14)7-9-20-10-8-18/h4-5,11,14,18H,2-3,6-10H2,1H3. The highest BCUT2D eigenvalue weighted by atomic mass is 79.9. The summed E-state index contributed by atoms with van der Waals surface area (Å²) in [6.07, 6.45) is 2.34. The van der Waals surface area contributed by atoms with E-state index < -0.39 is 0 Å². The predicted molar refractivity (Wildman–Crippen MR) is 82.1 cm³/mol. The molecule has 2 rings (SSSR count). The number of ether oxygens (including phenoxy) is 2. The molecule has 1 saturated heterocycles. The van der Waals surface area contributed by atoms with Gasteiger partial charge in [-0.05, 0) is 37.6 Å². The molecule has 5 heteroatoms. The van der Waals surface area contributed by atoms with Crippen LogP contribution in [0.3, 0.4) is 0 Å². The monoisotopic (exact) mass is 343 g/mol. The molecule has 0 saturated carbocycles. The Morgan fingerprint density at radius 3 is 3.00 bits per heavy atom. The maximum Gasteiger partial charge on any atom is 0.123 e. The normalized spacial score (nSPS) is 19.4. The van der Waals surface area contributed by atoms with Crippen LogP contribution >= 0.6 is 15.9 Å². The van der Waals surface area contributed by atoms with Gasteiger partial charge >= 0.3 is 0 Å². The number of hydrogen-bond donors (Lipinski definition) is 1. The van der Waals surface area contributed by atoms with Crippen molar-refractivity contribution in [2.75, 3.05) is 40.0 Å². The van der Waals surface area contributed by atoms with E-state index in [2.05, 4.69) is 26.9 Å². The van der Waals surface area contributed by atoms with Crippen LogP contribution in [0.5, 0.6) is 5.75 Å². The van der Waals surface area contributed by atoms with Crippen LogP contribution in [0.2, 0.25) is 0 Å². The lowest BCUT2D eigenvalue weighted by atomic mass is 10.0. The molecule has 1 aliphatic rings. The van der Waals surface area contributed by atoms with Crippen molar-refractivity contribution in [3.05, 3.63) is 28.2 Å². The van der Waals surface area contributed by atoms with Crippen LogP contribution in [0.25, 0.3) is 0 Å². The van der Waals surface area contributed by atoms with Crippen LogP contribution in [0.1, 0.15) is 24.4 Å². The maximum absolute atomic E-state index is 8.73. The lowest BCUT2D eigenvalue weighted by Gasteiger charge is -2.26. The van der Waals surface area contributed by atoms with Crippen LogP contribution in [-0.2, 0) is 4.74 Å². The molecular formula is C15H22BrNO3. The number of aliphatic hydroxyl groups excluding tert-OH is 1. The van der Waals surface area contributed by atoms with Crippen molar-refractivity contribution in [1.82, 2.24) is 4.90 Å². The summed E-state index contributed by atoms with van der Waals surface area (Å²) < 4.78 is 11.9. The summed E-state index contributed by atoms with van der Waals surface area (Å²) >= 11 is 3.54. The molecule has 0 aromatic heterocycles. The first-order chi connectivity index (χ1) is 9.76. The van der Waals surface area contributed by atoms with E-state index >= 15 is 0 Å². The third-order valence-corrected chi connectivity index (χ3v) is 4.17. The van der Waals surface area contributed by atoms with Crippen LogP contribution < -0.4 is 4.74 Å². The van der Waals surface area contributed by atoms with Crippen molar-refractivity contribution in [3.63, 3.8) is 0 Å². The van der Waals surface area contributed by atoms with Gasteiger partial charge in [0, 0.05) is 22.6 Å². The molecule has 0 radical (unpaired) electrons. The molecule has 0 bridgehead atoms. The van der Waals surface area contributed by atoms with E-state index in [1.165, 1.54) is 12.0 Å². The molecule has 1 aliphatic heterocycles. The van der Waals surface area contributed by atoms with Crippen molar-refractivity contribution >= 4 is 15.9 Å². The summed E-state index contributed by atoms with van der Waals surface area (Å²) in [5, 5.41) is 8.73. The van der Waals surface area contributed by atoms with E-state index in [0.717, 1.165) is 29.7 Å². The number of benzene rings is 1. The number of rotatable bonds is 7. The number of likely N-dealkylation sites (tertiary alicyclic amines) is 1. The third kappa shape index (κ3) is 3.95. The van der Waals surface area contributed by atoms with Gasteiger partial charge in [0.05, 0.1) is 26.9 Å². The smallest absolute Gasteiger partial charge is 0.123 e. The third-order valence-electron chi connectivity index (χ3n) is 3.67. The fraction of sp³-hybridized carbons (Fsp3) is 0.600. The van der Waals surface area contributed by atoms with Gasteiger partial charge in [-0.2, -0.15) is 0 Å². The number of aliphatic hydroxyl groups is 1. The van der Waals surface area contributed by atoms with Gasteiger partial charge in [0.25, 0.3) is 0 Å². The van der Waals surface area contributed by atoms with Gasteiger partial charge in [-0.1, -0.05) is 15.9 Å². The Balaban J connectivity index is 2.04. The maximum atomic E-state index is 8.73. The molecule has 0 spiro atoms. The summed E-state index contributed by atoms with van der Waals surface area (Å²) in [6.45, 7) is 3.14. The zero-order valence-electron chi connectivity index (χ0n) is 11.8. The summed E-state index contributed by atoms with van der Waals surface area (Å²) in [7, 11) is 1.72. The molecule has 112 valence electrons. The van der Waals surface area contributed by atoms with Crippen molar-refractivity contribution in [3.8, 4) is 5.75 Å². The summed E-state index contributed by atoms with van der Waals surface area (Å²) in [5.74, 6) is 0.946. The Bertz CT molecular complexity index is 428. The summed E-state index contributed by atoms with van der Waals surface area (Å²) in [6, 6.07) is 6.56. The van der Waals surface area contributed by atoms with Crippen molar-refractivity contribution in [2.24, 2.45) is 0 Å². The summed E-state index contributed by atoms with van der Waals surface area (Å²) in [4.78, 5) is 2.43. The second-order valence-corrected chi connectivity index (χ2v) is 5.83. The van der Waals surface area contributed by atoms with Gasteiger partial charge in [-0.25, -0.2) is 0 Å². The Kier molecular flexibility index (Phi) is 6.29. The topological polar surface area (TPSA) is 41.9 Å². The van der Waals surface area contributed by atoms with E-state index in [1.54, 1.807) is 7.11 Å². The van der Waals surface area contributed by atoms with Gasteiger partial charge < -0.3 is 14.6 Å². The second-order valence-electron chi connectivity index (χ2n) is 4.92. The number of nitrogens with zero attached hydrogens (tertiary/aromatic N) is 1. The summed E-state index contributed by atoms with van der Waals surface area (Å²) in [5.41, 5.74) is 1.24. The molecule has 0 amide bonds. The Hall–Kier alpha value is -0.620. The molecular weight excluding hydrogens is 322 g/mol. The van der Waals surface area contributed by atoms with Crippen molar-refractivity contribution < 1.29 is 14.6 Å². The Morgan fingerprint density at radius 1 is 1.40 bits per heavy atom. The van der Waals surface area contributed by atoms with Gasteiger partial charge in [0.1, 0.15) is 5.75 Å². The molecule has 1 aromatic carbocycles. The zero-order valence-corrected chi connectivity index (χ0v) is 13.4. The van der Waals surface area contributed by atoms with Gasteiger partial charge in [-0.15, -0.1) is 0 Å². The minimum Gasteiger partial charge on any atom is -0.496 e. The van der Waals surface area contributed by atoms with Gasteiger partial charge in [-0.3, -0.25) is 4.90 Å². The average molecular weight is 344 g/mol. The molecule has 1 fully saturated rings. The average Bonchev–Trinajstić information content (AvgIpc) is 2.92. The van der Waals surface area contributed by atoms with E-state index in [1.807, 2.05) is 12.1 Å². The van der Waals surface area contributed by atoms with Crippen LogP contribution in [0.4, 0.5) is 0 Å². The molecule has 4 nitrogen and oxygen atoms in total. The largest absolute Gasteiger partial charge is 0.496 e. The highest BCUT2D eigenvalue weighted by molar-refractivity contribution is 9.10. The Morgan fingerprint density at radius 2 is 2.25 bits per heavy atom. The van der Waals surface area contributed by atoms with Crippen molar-refractivity contribution in [1.29, 1.82) is 0 Å². The fourth-order valence-electron chi connectivity index (χ4n) is 2.76. The number of halogens is 1. The van der Waals surface area contributed by atoms with E-state index in [9.17, 15) is 0 Å². The molecule has 0 aliphatic carbocycles. The Labute approximate surface area is 128 Å². The van der Waals surface area contributed by atoms with Crippen LogP contribution in [0, 0.1) is 0 Å². The fourth-order valence-corrected chi connectivity index (χ4v) is 3.14. The highest BCUT2D eigenvalue weighted by Gasteiger charge is 2.28. The highest BCUT2D eigenvalue weighted by Crippen LogP contribution is 2.38. The first-order valence-corrected chi connectivity index (χ1v) is 7.81. The molecule has 1 aromatic rings. The van der Waals surface area contributed by atoms with E-state index in [0.29, 0.717) is 19.3 Å². The quantitative estimate of drug-likeness (QED) is 0.772. The van der Waals surface area contributed by atoms with Gasteiger partial charge in [0.2, 0.25) is 0 Å². The SMILES string of the molecule is COc1ccc(Br)cc1C1CCCN1CCOCCO. The van der Waals surface area contributed by atoms with Crippen LogP contribution in [0.15, 0.2) is 22.7 Å². The molecule has 1 unspecified atom stereocenters. The molecule has 20 heavy (non-hydrogen) atoms. The number of methoxy groups -OCH3 is 1. The second kappa shape index (κ2) is 7.98. The lowest BCUT2D eigenvalue weighted by Crippen LogP contribution is -2.28. The first-order valence-electron chi connectivity index (χ1n) is 7.02. The van der Waals surface area contributed by atoms with E-state index in [-0.39, 0.29) is 6.61 Å². The number of hydrogen-bond acceptors (Lipinski definition) is 4. The molecule has 1 heterocycles. The van der Waals surface area contributed by atoms with Gasteiger partial charge in [0.15, 0.2) is 0 Å². The van der Waals surface area contributed by atoms with E-state index in [4.69, 9.17) is 14.6 Å². The minimum atomic E-state index is 0.0862. The predicted octanol–water partition coefficient (Wildman–Crippen LogP) is 2.60. The van der Waals surface area contributed by atoms with Crippen LogP contribution in [-0.4, -0.2) is 50.0 Å². The lowest BCUT2D eigenvalue weighted by molar-refractivity contribution is 0.0707. The zero-order chi connectivity index (χ0) is 14.4.